The average molecular weight is 424 g/mol. The van der Waals surface area contributed by atoms with Crippen molar-refractivity contribution in [3.05, 3.63) is 95.4 Å². The van der Waals surface area contributed by atoms with Gasteiger partial charge in [0.15, 0.2) is 11.6 Å². The van der Waals surface area contributed by atoms with Crippen LogP contribution in [-0.2, 0) is 9.59 Å². The quantitative estimate of drug-likeness (QED) is 0.613. The molecule has 0 saturated heterocycles. The number of benzene rings is 3. The lowest BCUT2D eigenvalue weighted by atomic mass is 10.0. The van der Waals surface area contributed by atoms with E-state index in [0.717, 1.165) is 18.2 Å². The number of amides is 2. The lowest BCUT2D eigenvalue weighted by molar-refractivity contribution is -0.120. The van der Waals surface area contributed by atoms with Crippen molar-refractivity contribution in [2.45, 2.75) is 0 Å². The molecule has 0 saturated carbocycles. The number of nitrogens with zero attached hydrogens (tertiary/aromatic N) is 1. The minimum absolute atomic E-state index is 0.0411. The molecule has 0 radical (unpaired) electrons. The van der Waals surface area contributed by atoms with Crippen molar-refractivity contribution < 1.29 is 27.5 Å². The van der Waals surface area contributed by atoms with Crippen molar-refractivity contribution in [3.8, 4) is 5.75 Å². The van der Waals surface area contributed by atoms with Gasteiger partial charge in [0.25, 0.3) is 11.8 Å². The van der Waals surface area contributed by atoms with E-state index in [1.165, 1.54) is 31.4 Å². The number of hydrogen-bond donors (Lipinski definition) is 1. The molecule has 1 aliphatic rings. The monoisotopic (exact) mass is 424 g/mol. The molecule has 31 heavy (non-hydrogen) atoms. The van der Waals surface area contributed by atoms with Gasteiger partial charge in [-0.3, -0.25) is 9.59 Å². The predicted molar refractivity (Wildman–Crippen MR) is 109 cm³/mol. The Labute approximate surface area is 175 Å². The molecular formula is C23H15F3N2O3. The summed E-state index contributed by atoms with van der Waals surface area (Å²) in [5.41, 5.74) is -0.0322. The number of methoxy groups -OCH3 is 1. The number of para-hydroxylation sites is 1. The summed E-state index contributed by atoms with van der Waals surface area (Å²) in [5, 5.41) is 2.69. The SMILES string of the molecule is COc1ccc(C2=C(Nc3ccc(F)c(F)c3)C(=O)N(c3ccccc3F)C2=O)cc1. The first-order valence-corrected chi connectivity index (χ1v) is 9.15. The largest absolute Gasteiger partial charge is 0.497 e. The molecule has 0 aromatic heterocycles. The summed E-state index contributed by atoms with van der Waals surface area (Å²) in [6, 6.07) is 14.7. The van der Waals surface area contributed by atoms with Crippen molar-refractivity contribution >= 4 is 28.8 Å². The van der Waals surface area contributed by atoms with E-state index >= 15 is 0 Å². The van der Waals surface area contributed by atoms with E-state index < -0.39 is 29.3 Å². The third-order valence-electron chi connectivity index (χ3n) is 4.74. The fourth-order valence-corrected chi connectivity index (χ4v) is 3.24. The minimum atomic E-state index is -1.13. The molecule has 0 bridgehead atoms. The molecule has 3 aromatic carbocycles. The molecule has 8 heteroatoms. The molecule has 4 rings (SSSR count). The fraction of sp³-hybridized carbons (Fsp3) is 0.0435. The molecule has 0 aliphatic carbocycles. The summed E-state index contributed by atoms with van der Waals surface area (Å²) in [6.07, 6.45) is 0. The van der Waals surface area contributed by atoms with Gasteiger partial charge in [-0.05, 0) is 42.0 Å². The highest BCUT2D eigenvalue weighted by atomic mass is 19.2. The van der Waals surface area contributed by atoms with Gasteiger partial charge in [-0.25, -0.2) is 18.1 Å². The summed E-state index contributed by atoms with van der Waals surface area (Å²) >= 11 is 0. The van der Waals surface area contributed by atoms with Crippen LogP contribution < -0.4 is 15.0 Å². The van der Waals surface area contributed by atoms with Crippen LogP contribution in [0, 0.1) is 17.5 Å². The number of hydrogen-bond acceptors (Lipinski definition) is 4. The van der Waals surface area contributed by atoms with E-state index in [1.807, 2.05) is 0 Å². The van der Waals surface area contributed by atoms with E-state index in [-0.39, 0.29) is 22.6 Å². The molecular weight excluding hydrogens is 409 g/mol. The topological polar surface area (TPSA) is 58.6 Å². The van der Waals surface area contributed by atoms with Crippen molar-refractivity contribution in [2.75, 3.05) is 17.3 Å². The highest BCUT2D eigenvalue weighted by molar-refractivity contribution is 6.46. The van der Waals surface area contributed by atoms with Crippen LogP contribution in [0.2, 0.25) is 0 Å². The predicted octanol–water partition coefficient (Wildman–Crippen LogP) is 4.51. The van der Waals surface area contributed by atoms with E-state index in [4.69, 9.17) is 4.74 Å². The number of anilines is 2. The number of imide groups is 1. The minimum Gasteiger partial charge on any atom is -0.497 e. The standard InChI is InChI=1S/C23H15F3N2O3/c1-31-15-9-6-13(7-10-15)20-21(27-14-8-11-16(24)18(26)12-14)23(30)28(22(20)29)19-5-3-2-4-17(19)25/h2-12,27H,1H3. The zero-order chi connectivity index (χ0) is 22.1. The maximum atomic E-state index is 14.4. The second kappa shape index (κ2) is 7.98. The van der Waals surface area contributed by atoms with Crippen LogP contribution in [0.15, 0.2) is 72.4 Å². The molecule has 0 fully saturated rings. The van der Waals surface area contributed by atoms with Gasteiger partial charge < -0.3 is 10.1 Å². The Kier molecular flexibility index (Phi) is 5.21. The third kappa shape index (κ3) is 3.63. The van der Waals surface area contributed by atoms with Crippen molar-refractivity contribution in [3.63, 3.8) is 0 Å². The van der Waals surface area contributed by atoms with E-state index in [2.05, 4.69) is 5.32 Å². The van der Waals surface area contributed by atoms with Gasteiger partial charge in [0.1, 0.15) is 17.3 Å². The zero-order valence-electron chi connectivity index (χ0n) is 16.2. The molecule has 0 atom stereocenters. The summed E-state index contributed by atoms with van der Waals surface area (Å²) < 4.78 is 46.4. The number of rotatable bonds is 5. The van der Waals surface area contributed by atoms with Crippen LogP contribution in [0.5, 0.6) is 5.75 Å². The van der Waals surface area contributed by atoms with E-state index in [1.54, 1.807) is 24.3 Å². The van der Waals surface area contributed by atoms with Gasteiger partial charge in [0.05, 0.1) is 18.4 Å². The van der Waals surface area contributed by atoms with Crippen LogP contribution in [-0.4, -0.2) is 18.9 Å². The first-order chi connectivity index (χ1) is 14.9. The zero-order valence-corrected chi connectivity index (χ0v) is 16.2. The van der Waals surface area contributed by atoms with E-state index in [9.17, 15) is 22.8 Å². The van der Waals surface area contributed by atoms with Crippen LogP contribution in [0.3, 0.4) is 0 Å². The number of carbonyl (C=O) groups is 2. The van der Waals surface area contributed by atoms with Crippen LogP contribution in [0.1, 0.15) is 5.56 Å². The van der Waals surface area contributed by atoms with Gasteiger partial charge in [-0.15, -0.1) is 0 Å². The molecule has 0 unspecified atom stereocenters. The first-order valence-electron chi connectivity index (χ1n) is 9.15. The summed E-state index contributed by atoms with van der Waals surface area (Å²) in [5.74, 6) is -4.00. The number of nitrogens with one attached hydrogen (secondary N) is 1. The maximum Gasteiger partial charge on any atom is 0.282 e. The fourth-order valence-electron chi connectivity index (χ4n) is 3.24. The van der Waals surface area contributed by atoms with Crippen molar-refractivity contribution in [2.24, 2.45) is 0 Å². The molecule has 1 N–H and O–H groups in total. The smallest absolute Gasteiger partial charge is 0.282 e. The number of carbonyl (C=O) groups excluding carboxylic acids is 2. The van der Waals surface area contributed by atoms with Crippen LogP contribution in [0.25, 0.3) is 5.57 Å². The maximum absolute atomic E-state index is 14.4. The molecule has 3 aromatic rings. The lowest BCUT2D eigenvalue weighted by Gasteiger charge is -2.16. The van der Waals surface area contributed by atoms with Crippen LogP contribution >= 0.6 is 0 Å². The Morgan fingerprint density at radius 3 is 2.16 bits per heavy atom. The highest BCUT2D eigenvalue weighted by Gasteiger charge is 2.41. The van der Waals surface area contributed by atoms with Gasteiger partial charge in [-0.1, -0.05) is 24.3 Å². The Balaban J connectivity index is 1.83. The van der Waals surface area contributed by atoms with Gasteiger partial charge in [0.2, 0.25) is 0 Å². The average Bonchev–Trinajstić information content (AvgIpc) is 3.01. The molecule has 2 amide bonds. The normalized spacial score (nSPS) is 13.7. The second-order valence-electron chi connectivity index (χ2n) is 6.63. The van der Waals surface area contributed by atoms with Gasteiger partial charge in [-0.2, -0.15) is 0 Å². The molecule has 5 nitrogen and oxygen atoms in total. The first kappa shape index (κ1) is 20.2. The summed E-state index contributed by atoms with van der Waals surface area (Å²) in [6.45, 7) is 0. The summed E-state index contributed by atoms with van der Waals surface area (Å²) in [4.78, 5) is 27.1. The lowest BCUT2D eigenvalue weighted by Crippen LogP contribution is -2.33. The Bertz CT molecular complexity index is 1220. The van der Waals surface area contributed by atoms with Gasteiger partial charge >= 0.3 is 0 Å². The molecule has 156 valence electrons. The second-order valence-corrected chi connectivity index (χ2v) is 6.63. The van der Waals surface area contributed by atoms with Crippen LogP contribution in [0.4, 0.5) is 24.5 Å². The Hall–Kier alpha value is -4.07. The number of halogens is 3. The number of ether oxygens (including phenoxy) is 1. The Morgan fingerprint density at radius 1 is 0.806 bits per heavy atom. The molecule has 1 heterocycles. The van der Waals surface area contributed by atoms with Gasteiger partial charge in [0, 0.05) is 11.8 Å². The van der Waals surface area contributed by atoms with E-state index in [0.29, 0.717) is 16.2 Å². The molecule has 0 spiro atoms. The molecule has 1 aliphatic heterocycles. The highest BCUT2D eigenvalue weighted by Crippen LogP contribution is 2.35. The third-order valence-corrected chi connectivity index (χ3v) is 4.74. The Morgan fingerprint density at radius 2 is 1.52 bits per heavy atom. The summed E-state index contributed by atoms with van der Waals surface area (Å²) in [7, 11) is 1.48. The van der Waals surface area contributed by atoms with Crippen molar-refractivity contribution in [1.82, 2.24) is 0 Å². The van der Waals surface area contributed by atoms with Crippen molar-refractivity contribution in [1.29, 1.82) is 0 Å².